The first-order chi connectivity index (χ1) is 8.15. The summed E-state index contributed by atoms with van der Waals surface area (Å²) in [6.45, 7) is 3.34. The molecule has 17 heavy (non-hydrogen) atoms. The largest absolute Gasteiger partial charge is 0.298 e. The highest BCUT2D eigenvalue weighted by Gasteiger charge is 2.22. The van der Waals surface area contributed by atoms with Gasteiger partial charge in [0.05, 0.1) is 5.69 Å². The number of hydrogen-bond acceptors (Lipinski definition) is 2. The number of hydrogen-bond donors (Lipinski definition) is 0. The summed E-state index contributed by atoms with van der Waals surface area (Å²) < 4.78 is 1.05. The van der Waals surface area contributed by atoms with E-state index in [4.69, 9.17) is 0 Å². The van der Waals surface area contributed by atoms with E-state index >= 15 is 0 Å². The Bertz CT molecular complexity index is 350. The molecule has 0 aromatic carbocycles. The Balaban J connectivity index is 1.91. The molecule has 2 rings (SSSR count). The average Bonchev–Trinajstić information content (AvgIpc) is 2.32. The van der Waals surface area contributed by atoms with E-state index in [-0.39, 0.29) is 0 Å². The predicted molar refractivity (Wildman–Crippen MR) is 74.8 cm³/mol. The molecule has 0 bridgehead atoms. The smallest absolute Gasteiger partial charge is 0.0544 e. The van der Waals surface area contributed by atoms with Crippen molar-refractivity contribution in [2.45, 2.75) is 45.2 Å². The van der Waals surface area contributed by atoms with Crippen LogP contribution < -0.4 is 0 Å². The standard InChI is InChI=1S/C14H21BrN2/c1-11-4-3-5-14(8-11)17(2)10-13-7-6-12(15)9-16-13/h6-7,9,11,14H,3-5,8,10H2,1-2H3. The van der Waals surface area contributed by atoms with E-state index in [0.717, 1.165) is 28.7 Å². The minimum Gasteiger partial charge on any atom is -0.298 e. The zero-order chi connectivity index (χ0) is 12.3. The molecule has 2 atom stereocenters. The summed E-state index contributed by atoms with van der Waals surface area (Å²) in [7, 11) is 2.23. The molecule has 1 fully saturated rings. The van der Waals surface area contributed by atoms with Gasteiger partial charge in [0.2, 0.25) is 0 Å². The Labute approximate surface area is 113 Å². The van der Waals surface area contributed by atoms with Crippen LogP contribution in [-0.4, -0.2) is 23.0 Å². The SMILES string of the molecule is CC1CCCC(N(C)Cc2ccc(Br)cn2)C1. The van der Waals surface area contributed by atoms with Gasteiger partial charge in [-0.15, -0.1) is 0 Å². The van der Waals surface area contributed by atoms with Crippen LogP contribution in [0.3, 0.4) is 0 Å². The third-order valence-corrected chi connectivity index (χ3v) is 4.20. The van der Waals surface area contributed by atoms with Crippen LogP contribution in [0.15, 0.2) is 22.8 Å². The molecule has 0 N–H and O–H groups in total. The fourth-order valence-corrected chi connectivity index (χ4v) is 2.92. The lowest BCUT2D eigenvalue weighted by atomic mass is 9.86. The number of pyridine rings is 1. The second-order valence-corrected chi connectivity index (χ2v) is 6.22. The highest BCUT2D eigenvalue weighted by molar-refractivity contribution is 9.10. The van der Waals surface area contributed by atoms with E-state index in [2.05, 4.69) is 51.9 Å². The van der Waals surface area contributed by atoms with Crippen LogP contribution in [0.1, 0.15) is 38.3 Å². The molecule has 94 valence electrons. The number of halogens is 1. The van der Waals surface area contributed by atoms with Gasteiger partial charge in [-0.1, -0.05) is 19.8 Å². The van der Waals surface area contributed by atoms with E-state index in [9.17, 15) is 0 Å². The average molecular weight is 297 g/mol. The van der Waals surface area contributed by atoms with E-state index in [1.165, 1.54) is 25.7 Å². The fraction of sp³-hybridized carbons (Fsp3) is 0.643. The Hall–Kier alpha value is -0.410. The van der Waals surface area contributed by atoms with Gasteiger partial charge >= 0.3 is 0 Å². The number of nitrogens with zero attached hydrogens (tertiary/aromatic N) is 2. The summed E-state index contributed by atoms with van der Waals surface area (Å²) in [5, 5.41) is 0. The first-order valence-corrected chi connectivity index (χ1v) is 7.25. The molecule has 1 aliphatic carbocycles. The van der Waals surface area contributed by atoms with Gasteiger partial charge < -0.3 is 0 Å². The van der Waals surface area contributed by atoms with Crippen molar-refractivity contribution >= 4 is 15.9 Å². The van der Waals surface area contributed by atoms with Crippen LogP contribution in [0.25, 0.3) is 0 Å². The summed E-state index contributed by atoms with van der Waals surface area (Å²) in [5.74, 6) is 0.883. The topological polar surface area (TPSA) is 16.1 Å². The van der Waals surface area contributed by atoms with Gasteiger partial charge in [-0.2, -0.15) is 0 Å². The number of rotatable bonds is 3. The summed E-state index contributed by atoms with van der Waals surface area (Å²) >= 11 is 3.42. The third-order valence-electron chi connectivity index (χ3n) is 3.73. The van der Waals surface area contributed by atoms with Gasteiger partial charge in [-0.25, -0.2) is 0 Å². The number of aromatic nitrogens is 1. The van der Waals surface area contributed by atoms with E-state index in [1.807, 2.05) is 6.20 Å². The van der Waals surface area contributed by atoms with Crippen LogP contribution in [0.2, 0.25) is 0 Å². The van der Waals surface area contributed by atoms with Crippen molar-refractivity contribution in [2.75, 3.05) is 7.05 Å². The van der Waals surface area contributed by atoms with Crippen LogP contribution >= 0.6 is 15.9 Å². The second-order valence-electron chi connectivity index (χ2n) is 5.31. The highest BCUT2D eigenvalue weighted by atomic mass is 79.9. The van der Waals surface area contributed by atoms with Crippen LogP contribution in [0.4, 0.5) is 0 Å². The summed E-state index contributed by atoms with van der Waals surface area (Å²) in [6, 6.07) is 4.91. The summed E-state index contributed by atoms with van der Waals surface area (Å²) in [4.78, 5) is 6.91. The molecule has 0 saturated heterocycles. The first kappa shape index (κ1) is 13.0. The molecule has 3 heteroatoms. The highest BCUT2D eigenvalue weighted by Crippen LogP contribution is 2.27. The van der Waals surface area contributed by atoms with Gasteiger partial charge in [-0.3, -0.25) is 9.88 Å². The van der Waals surface area contributed by atoms with Gasteiger partial charge in [0, 0.05) is 23.3 Å². The van der Waals surface area contributed by atoms with Crippen molar-refractivity contribution in [3.8, 4) is 0 Å². The summed E-state index contributed by atoms with van der Waals surface area (Å²) in [6.07, 6.45) is 7.35. The maximum absolute atomic E-state index is 4.44. The van der Waals surface area contributed by atoms with E-state index in [1.54, 1.807) is 0 Å². The van der Waals surface area contributed by atoms with Crippen molar-refractivity contribution < 1.29 is 0 Å². The molecule has 1 heterocycles. The van der Waals surface area contributed by atoms with Crippen molar-refractivity contribution in [1.82, 2.24) is 9.88 Å². The van der Waals surface area contributed by atoms with Crippen molar-refractivity contribution in [3.05, 3.63) is 28.5 Å². The van der Waals surface area contributed by atoms with Gasteiger partial charge in [0.25, 0.3) is 0 Å². The zero-order valence-corrected chi connectivity index (χ0v) is 12.3. The van der Waals surface area contributed by atoms with Crippen molar-refractivity contribution in [2.24, 2.45) is 5.92 Å². The van der Waals surface area contributed by atoms with E-state index < -0.39 is 0 Å². The molecular weight excluding hydrogens is 276 g/mol. The molecule has 1 aromatic heterocycles. The molecule has 2 nitrogen and oxygen atoms in total. The molecule has 1 aromatic rings. The molecular formula is C14H21BrN2. The van der Waals surface area contributed by atoms with Crippen molar-refractivity contribution in [3.63, 3.8) is 0 Å². The molecule has 0 radical (unpaired) electrons. The minimum absolute atomic E-state index is 0.740. The maximum Gasteiger partial charge on any atom is 0.0544 e. The maximum atomic E-state index is 4.44. The molecule has 1 saturated carbocycles. The molecule has 1 aliphatic rings. The zero-order valence-electron chi connectivity index (χ0n) is 10.7. The quantitative estimate of drug-likeness (QED) is 0.842. The lowest BCUT2D eigenvalue weighted by Crippen LogP contribution is -2.35. The minimum atomic E-state index is 0.740. The molecule has 0 amide bonds. The Kier molecular flexibility index (Phi) is 4.57. The van der Waals surface area contributed by atoms with Gasteiger partial charge in [-0.05, 0) is 53.9 Å². The Morgan fingerprint density at radius 1 is 1.41 bits per heavy atom. The predicted octanol–water partition coefficient (Wildman–Crippen LogP) is 3.85. The lowest BCUT2D eigenvalue weighted by molar-refractivity contribution is 0.156. The Morgan fingerprint density at radius 2 is 2.24 bits per heavy atom. The monoisotopic (exact) mass is 296 g/mol. The molecule has 0 spiro atoms. The van der Waals surface area contributed by atoms with Crippen LogP contribution in [-0.2, 0) is 6.54 Å². The Morgan fingerprint density at radius 3 is 2.88 bits per heavy atom. The normalized spacial score (nSPS) is 25.2. The van der Waals surface area contributed by atoms with Crippen molar-refractivity contribution in [1.29, 1.82) is 0 Å². The third kappa shape index (κ3) is 3.78. The van der Waals surface area contributed by atoms with Crippen LogP contribution in [0, 0.1) is 5.92 Å². The lowest BCUT2D eigenvalue weighted by Gasteiger charge is -2.33. The van der Waals surface area contributed by atoms with Gasteiger partial charge in [0.15, 0.2) is 0 Å². The van der Waals surface area contributed by atoms with Crippen LogP contribution in [0.5, 0.6) is 0 Å². The van der Waals surface area contributed by atoms with Gasteiger partial charge in [0.1, 0.15) is 0 Å². The van der Waals surface area contributed by atoms with E-state index in [0.29, 0.717) is 0 Å². The summed E-state index contributed by atoms with van der Waals surface area (Å²) in [5.41, 5.74) is 1.16. The second kappa shape index (κ2) is 5.96. The molecule has 0 aliphatic heterocycles. The fourth-order valence-electron chi connectivity index (χ4n) is 2.69. The molecule has 2 unspecified atom stereocenters. The first-order valence-electron chi connectivity index (χ1n) is 6.46.